The summed E-state index contributed by atoms with van der Waals surface area (Å²) in [6.45, 7) is 11.3. The van der Waals surface area contributed by atoms with Crippen molar-refractivity contribution in [1.29, 1.82) is 0 Å². The van der Waals surface area contributed by atoms with E-state index in [9.17, 15) is 5.11 Å². The lowest BCUT2D eigenvalue weighted by atomic mass is 9.49. The van der Waals surface area contributed by atoms with Crippen molar-refractivity contribution in [3.8, 4) is 0 Å². The van der Waals surface area contributed by atoms with Crippen LogP contribution in [0.4, 0.5) is 0 Å². The van der Waals surface area contributed by atoms with Gasteiger partial charge in [-0.3, -0.25) is 0 Å². The molecule has 1 fully saturated rings. The Balaban J connectivity index is 2.23. The van der Waals surface area contributed by atoms with Crippen LogP contribution in [0.15, 0.2) is 23.8 Å². The lowest BCUT2D eigenvalue weighted by Crippen LogP contribution is -2.46. The Hall–Kier alpha value is -0.560. The lowest BCUT2D eigenvalue weighted by Gasteiger charge is -2.55. The lowest BCUT2D eigenvalue weighted by molar-refractivity contribution is 0.0200. The van der Waals surface area contributed by atoms with Crippen molar-refractivity contribution in [1.82, 2.24) is 0 Å². The van der Waals surface area contributed by atoms with Crippen molar-refractivity contribution in [2.75, 3.05) is 0 Å². The highest BCUT2D eigenvalue weighted by molar-refractivity contribution is 5.23. The second-order valence-electron chi connectivity index (χ2n) is 7.33. The zero-order valence-corrected chi connectivity index (χ0v) is 13.2. The molecule has 0 aliphatic heterocycles. The predicted octanol–water partition coefficient (Wildman–Crippen LogP) is 4.72. The fraction of sp³-hybridized carbons (Fsp3) is 0.778. The first-order valence-corrected chi connectivity index (χ1v) is 7.90. The number of hydrogen-bond donors (Lipinski definition) is 1. The molecule has 1 heteroatoms. The van der Waals surface area contributed by atoms with E-state index in [0.717, 1.165) is 12.0 Å². The van der Waals surface area contributed by atoms with E-state index in [4.69, 9.17) is 0 Å². The minimum atomic E-state index is -0.259. The van der Waals surface area contributed by atoms with Gasteiger partial charge in [0.25, 0.3) is 0 Å². The maximum Gasteiger partial charge on any atom is 0.0744 e. The highest BCUT2D eigenvalue weighted by atomic mass is 16.3. The van der Waals surface area contributed by atoms with Crippen LogP contribution in [-0.2, 0) is 0 Å². The standard InChI is InChI=1S/C18H30O/c1-6-16(19)13(3)10-15-11-14-8-9-18(15,5)12-17(14,4)7-2/h8-10,14-16,19H,6-7,11-12H2,1-5H3. The molecule has 0 radical (unpaired) electrons. The Morgan fingerprint density at radius 3 is 2.63 bits per heavy atom. The molecular formula is C18H30O. The molecule has 3 aliphatic carbocycles. The molecule has 0 saturated heterocycles. The number of rotatable bonds is 4. The minimum absolute atomic E-state index is 0.259. The zero-order chi connectivity index (χ0) is 14.3. The topological polar surface area (TPSA) is 20.2 Å². The Kier molecular flexibility index (Phi) is 3.97. The van der Waals surface area contributed by atoms with Gasteiger partial charge < -0.3 is 5.11 Å². The molecule has 5 unspecified atom stereocenters. The third-order valence-electron chi connectivity index (χ3n) is 5.93. The number of hydrogen-bond acceptors (Lipinski definition) is 1. The van der Waals surface area contributed by atoms with E-state index in [0.29, 0.717) is 17.3 Å². The molecule has 3 aliphatic rings. The van der Waals surface area contributed by atoms with Gasteiger partial charge in [0.15, 0.2) is 0 Å². The monoisotopic (exact) mass is 262 g/mol. The van der Waals surface area contributed by atoms with Crippen molar-refractivity contribution < 1.29 is 5.11 Å². The van der Waals surface area contributed by atoms with Crippen LogP contribution in [0.3, 0.4) is 0 Å². The van der Waals surface area contributed by atoms with E-state index < -0.39 is 0 Å². The van der Waals surface area contributed by atoms with Gasteiger partial charge in [-0.1, -0.05) is 52.3 Å². The van der Waals surface area contributed by atoms with Crippen LogP contribution in [0, 0.1) is 22.7 Å². The number of allylic oxidation sites excluding steroid dienone is 3. The summed E-state index contributed by atoms with van der Waals surface area (Å²) in [5, 5.41) is 9.97. The van der Waals surface area contributed by atoms with E-state index in [-0.39, 0.29) is 11.5 Å². The summed E-state index contributed by atoms with van der Waals surface area (Å²) in [6.07, 6.45) is 11.6. The fourth-order valence-corrected chi connectivity index (χ4v) is 4.19. The van der Waals surface area contributed by atoms with Crippen LogP contribution >= 0.6 is 0 Å². The van der Waals surface area contributed by atoms with Crippen molar-refractivity contribution >= 4 is 0 Å². The van der Waals surface area contributed by atoms with Crippen LogP contribution in [0.1, 0.15) is 60.3 Å². The average molecular weight is 262 g/mol. The van der Waals surface area contributed by atoms with Crippen LogP contribution in [-0.4, -0.2) is 11.2 Å². The predicted molar refractivity (Wildman–Crippen MR) is 81.9 cm³/mol. The summed E-state index contributed by atoms with van der Waals surface area (Å²) in [6, 6.07) is 0. The van der Waals surface area contributed by atoms with Gasteiger partial charge in [-0.05, 0) is 54.4 Å². The van der Waals surface area contributed by atoms with Crippen molar-refractivity contribution in [3.63, 3.8) is 0 Å². The normalized spacial score (nSPS) is 43.6. The number of aliphatic hydroxyl groups is 1. The summed E-state index contributed by atoms with van der Waals surface area (Å²) < 4.78 is 0. The Labute approximate surface area is 118 Å². The van der Waals surface area contributed by atoms with Crippen LogP contribution in [0.5, 0.6) is 0 Å². The largest absolute Gasteiger partial charge is 0.389 e. The molecule has 0 amide bonds. The quantitative estimate of drug-likeness (QED) is 0.727. The third kappa shape index (κ3) is 2.54. The first kappa shape index (κ1) is 14.8. The molecule has 0 aromatic heterocycles. The number of aliphatic hydroxyl groups excluding tert-OH is 1. The van der Waals surface area contributed by atoms with Gasteiger partial charge in [-0.2, -0.15) is 0 Å². The maximum absolute atomic E-state index is 9.97. The summed E-state index contributed by atoms with van der Waals surface area (Å²) >= 11 is 0. The van der Waals surface area contributed by atoms with E-state index in [1.165, 1.54) is 19.3 Å². The van der Waals surface area contributed by atoms with Gasteiger partial charge in [0.1, 0.15) is 0 Å². The van der Waals surface area contributed by atoms with Crippen molar-refractivity contribution in [2.45, 2.75) is 66.4 Å². The third-order valence-corrected chi connectivity index (χ3v) is 5.93. The van der Waals surface area contributed by atoms with E-state index in [2.05, 4.69) is 45.9 Å². The Bertz CT molecular complexity index is 394. The van der Waals surface area contributed by atoms with Crippen molar-refractivity contribution in [2.24, 2.45) is 22.7 Å². The Morgan fingerprint density at radius 1 is 1.42 bits per heavy atom. The molecule has 5 atom stereocenters. The molecule has 0 spiro atoms. The van der Waals surface area contributed by atoms with Gasteiger partial charge >= 0.3 is 0 Å². The molecule has 1 nitrogen and oxygen atoms in total. The van der Waals surface area contributed by atoms with Crippen molar-refractivity contribution in [3.05, 3.63) is 23.8 Å². The molecular weight excluding hydrogens is 232 g/mol. The fourth-order valence-electron chi connectivity index (χ4n) is 4.19. The molecule has 108 valence electrons. The van der Waals surface area contributed by atoms with E-state index >= 15 is 0 Å². The number of fused-ring (bicyclic) bond motifs is 2. The molecule has 0 aromatic carbocycles. The first-order chi connectivity index (χ1) is 8.84. The van der Waals surface area contributed by atoms with Crippen LogP contribution < -0.4 is 0 Å². The van der Waals surface area contributed by atoms with Gasteiger partial charge in [-0.15, -0.1) is 0 Å². The average Bonchev–Trinajstić information content (AvgIpc) is 2.39. The summed E-state index contributed by atoms with van der Waals surface area (Å²) in [7, 11) is 0. The summed E-state index contributed by atoms with van der Waals surface area (Å²) in [5.41, 5.74) is 1.92. The molecule has 3 rings (SSSR count). The molecule has 1 N–H and O–H groups in total. The van der Waals surface area contributed by atoms with E-state index in [1.807, 2.05) is 6.92 Å². The molecule has 0 heterocycles. The molecule has 0 aromatic rings. The van der Waals surface area contributed by atoms with Crippen LogP contribution in [0.25, 0.3) is 0 Å². The second kappa shape index (κ2) is 5.09. The second-order valence-corrected chi connectivity index (χ2v) is 7.33. The summed E-state index contributed by atoms with van der Waals surface area (Å²) in [5.74, 6) is 1.32. The highest BCUT2D eigenvalue weighted by Gasteiger charge is 2.50. The summed E-state index contributed by atoms with van der Waals surface area (Å²) in [4.78, 5) is 0. The SMILES string of the molecule is CCC(O)C(C)=CC1CC2C=CC1(C)CC2(C)CC. The molecule has 1 saturated carbocycles. The zero-order valence-electron chi connectivity index (χ0n) is 13.2. The smallest absolute Gasteiger partial charge is 0.0744 e. The van der Waals surface area contributed by atoms with Gasteiger partial charge in [-0.25, -0.2) is 0 Å². The van der Waals surface area contributed by atoms with Gasteiger partial charge in [0.05, 0.1) is 6.10 Å². The van der Waals surface area contributed by atoms with Crippen LogP contribution in [0.2, 0.25) is 0 Å². The first-order valence-electron chi connectivity index (χ1n) is 7.90. The molecule has 2 bridgehead atoms. The van der Waals surface area contributed by atoms with E-state index in [1.54, 1.807) is 0 Å². The Morgan fingerprint density at radius 2 is 2.11 bits per heavy atom. The maximum atomic E-state index is 9.97. The highest BCUT2D eigenvalue weighted by Crippen LogP contribution is 2.59. The van der Waals surface area contributed by atoms with Gasteiger partial charge in [0.2, 0.25) is 0 Å². The minimum Gasteiger partial charge on any atom is -0.389 e. The van der Waals surface area contributed by atoms with Gasteiger partial charge in [0, 0.05) is 0 Å². The molecule has 19 heavy (non-hydrogen) atoms.